The number of aromatic carboxylic acids is 1. The van der Waals surface area contributed by atoms with Crippen molar-refractivity contribution in [3.8, 4) is 0 Å². The molecule has 7 heteroatoms. The number of nitrogens with zero attached hydrogens (tertiary/aromatic N) is 3. The number of rotatable bonds is 4. The van der Waals surface area contributed by atoms with E-state index in [1.807, 2.05) is 14.0 Å². The van der Waals surface area contributed by atoms with E-state index in [9.17, 15) is 4.79 Å². The van der Waals surface area contributed by atoms with Crippen molar-refractivity contribution in [3.05, 3.63) is 28.0 Å². The average Bonchev–Trinajstić information content (AvgIpc) is 2.82. The maximum Gasteiger partial charge on any atom is 0.355 e. The Morgan fingerprint density at radius 3 is 2.78 bits per heavy atom. The average molecular weight is 266 g/mol. The van der Waals surface area contributed by atoms with Gasteiger partial charge in [0.25, 0.3) is 0 Å². The fourth-order valence-corrected chi connectivity index (χ4v) is 2.36. The number of carbonyl (C=O) groups is 1. The Balaban J connectivity index is 2.09. The van der Waals surface area contributed by atoms with Gasteiger partial charge in [0, 0.05) is 29.7 Å². The zero-order valence-corrected chi connectivity index (χ0v) is 11.2. The van der Waals surface area contributed by atoms with Gasteiger partial charge >= 0.3 is 5.97 Å². The molecule has 6 nitrogen and oxygen atoms in total. The van der Waals surface area contributed by atoms with Crippen molar-refractivity contribution < 1.29 is 9.90 Å². The van der Waals surface area contributed by atoms with Crippen LogP contribution in [0.15, 0.2) is 6.20 Å². The van der Waals surface area contributed by atoms with Crippen LogP contribution in [0, 0.1) is 13.8 Å². The van der Waals surface area contributed by atoms with Crippen LogP contribution in [-0.2, 0) is 13.6 Å². The zero-order valence-electron chi connectivity index (χ0n) is 10.4. The molecule has 2 N–H and O–H groups in total. The molecule has 0 amide bonds. The van der Waals surface area contributed by atoms with E-state index in [-0.39, 0.29) is 5.69 Å². The molecule has 18 heavy (non-hydrogen) atoms. The summed E-state index contributed by atoms with van der Waals surface area (Å²) in [6.07, 6.45) is 1.79. The number of aryl methyl sites for hydroxylation is 2. The molecule has 0 unspecified atom stereocenters. The summed E-state index contributed by atoms with van der Waals surface area (Å²) in [7, 11) is 1.88. The Morgan fingerprint density at radius 1 is 1.56 bits per heavy atom. The minimum Gasteiger partial charge on any atom is -0.476 e. The number of thiazole rings is 1. The summed E-state index contributed by atoms with van der Waals surface area (Å²) in [5.74, 6) is -0.991. The van der Waals surface area contributed by atoms with Gasteiger partial charge in [-0.05, 0) is 13.8 Å². The standard InChI is InChI=1S/C11H14N4O2S/c1-6-8(5-13-15(6)3)4-12-11-14-9(10(16)17)7(2)18-11/h5H,4H2,1-3H3,(H,12,14)(H,16,17). The molecule has 0 aliphatic carbocycles. The summed E-state index contributed by atoms with van der Waals surface area (Å²) in [5, 5.41) is 16.8. The van der Waals surface area contributed by atoms with Crippen LogP contribution in [0.1, 0.15) is 26.6 Å². The van der Waals surface area contributed by atoms with E-state index in [0.29, 0.717) is 16.6 Å². The van der Waals surface area contributed by atoms with Crippen LogP contribution in [0.4, 0.5) is 5.13 Å². The Hall–Kier alpha value is -1.89. The van der Waals surface area contributed by atoms with Crippen LogP contribution in [0.25, 0.3) is 0 Å². The maximum atomic E-state index is 10.9. The van der Waals surface area contributed by atoms with Crippen LogP contribution in [-0.4, -0.2) is 25.8 Å². The zero-order chi connectivity index (χ0) is 13.3. The Bertz CT molecular complexity index is 588. The molecule has 0 fully saturated rings. The molecule has 2 heterocycles. The summed E-state index contributed by atoms with van der Waals surface area (Å²) in [6.45, 7) is 4.33. The minimum atomic E-state index is -0.991. The van der Waals surface area contributed by atoms with E-state index < -0.39 is 5.97 Å². The fourth-order valence-electron chi connectivity index (χ4n) is 1.56. The van der Waals surface area contributed by atoms with Gasteiger partial charge in [0.2, 0.25) is 0 Å². The maximum absolute atomic E-state index is 10.9. The first-order valence-electron chi connectivity index (χ1n) is 5.41. The predicted octanol–water partition coefficient (Wildman–Crippen LogP) is 1.80. The Labute approximate surface area is 108 Å². The molecule has 0 aliphatic heterocycles. The predicted molar refractivity (Wildman–Crippen MR) is 69.1 cm³/mol. The van der Waals surface area contributed by atoms with E-state index in [1.54, 1.807) is 17.8 Å². The first kappa shape index (κ1) is 12.6. The summed E-state index contributed by atoms with van der Waals surface area (Å²) >= 11 is 1.34. The Kier molecular flexibility index (Phi) is 3.33. The minimum absolute atomic E-state index is 0.116. The molecule has 0 saturated carbocycles. The molecule has 0 saturated heterocycles. The number of anilines is 1. The lowest BCUT2D eigenvalue weighted by atomic mass is 10.2. The third-order valence-electron chi connectivity index (χ3n) is 2.77. The van der Waals surface area contributed by atoms with Crippen molar-refractivity contribution in [2.45, 2.75) is 20.4 Å². The van der Waals surface area contributed by atoms with Crippen molar-refractivity contribution in [2.75, 3.05) is 5.32 Å². The van der Waals surface area contributed by atoms with Crippen molar-refractivity contribution in [1.82, 2.24) is 14.8 Å². The molecule has 0 aromatic carbocycles. The van der Waals surface area contributed by atoms with Crippen LogP contribution >= 0.6 is 11.3 Å². The number of nitrogens with one attached hydrogen (secondary N) is 1. The first-order chi connectivity index (χ1) is 8.49. The van der Waals surface area contributed by atoms with Crippen LogP contribution < -0.4 is 5.32 Å². The summed E-state index contributed by atoms with van der Waals surface area (Å²) < 4.78 is 1.80. The van der Waals surface area contributed by atoms with Crippen molar-refractivity contribution in [3.63, 3.8) is 0 Å². The molecule has 2 aromatic rings. The molecule has 2 rings (SSSR count). The monoisotopic (exact) mass is 266 g/mol. The lowest BCUT2D eigenvalue weighted by Gasteiger charge is -2.01. The number of carboxylic acids is 1. The third-order valence-corrected chi connectivity index (χ3v) is 3.69. The van der Waals surface area contributed by atoms with E-state index in [0.717, 1.165) is 11.3 Å². The highest BCUT2D eigenvalue weighted by atomic mass is 32.1. The van der Waals surface area contributed by atoms with Gasteiger partial charge in [-0.15, -0.1) is 11.3 Å². The van der Waals surface area contributed by atoms with Gasteiger partial charge in [-0.3, -0.25) is 4.68 Å². The molecule has 0 radical (unpaired) electrons. The highest BCUT2D eigenvalue weighted by Crippen LogP contribution is 2.22. The molecular weight excluding hydrogens is 252 g/mol. The van der Waals surface area contributed by atoms with Crippen molar-refractivity contribution >= 4 is 22.4 Å². The van der Waals surface area contributed by atoms with Crippen LogP contribution in [0.3, 0.4) is 0 Å². The van der Waals surface area contributed by atoms with E-state index in [2.05, 4.69) is 15.4 Å². The molecular formula is C11H14N4O2S. The topological polar surface area (TPSA) is 80.0 Å². The highest BCUT2D eigenvalue weighted by molar-refractivity contribution is 7.15. The quantitative estimate of drug-likeness (QED) is 0.882. The van der Waals surface area contributed by atoms with Gasteiger partial charge in [0.05, 0.1) is 6.20 Å². The number of hydrogen-bond donors (Lipinski definition) is 2. The van der Waals surface area contributed by atoms with Gasteiger partial charge < -0.3 is 10.4 Å². The second-order valence-electron chi connectivity index (χ2n) is 3.96. The molecule has 0 bridgehead atoms. The molecule has 2 aromatic heterocycles. The van der Waals surface area contributed by atoms with Crippen molar-refractivity contribution in [2.24, 2.45) is 7.05 Å². The summed E-state index contributed by atoms with van der Waals surface area (Å²) in [5.41, 5.74) is 2.27. The fraction of sp³-hybridized carbons (Fsp3) is 0.364. The second kappa shape index (κ2) is 4.77. The number of carboxylic acid groups (broad SMARTS) is 1. The number of aromatic nitrogens is 3. The molecule has 0 spiro atoms. The third kappa shape index (κ3) is 2.35. The van der Waals surface area contributed by atoms with E-state index in [4.69, 9.17) is 5.11 Å². The van der Waals surface area contributed by atoms with E-state index in [1.165, 1.54) is 11.3 Å². The number of hydrogen-bond acceptors (Lipinski definition) is 5. The van der Waals surface area contributed by atoms with Gasteiger partial charge in [-0.25, -0.2) is 9.78 Å². The van der Waals surface area contributed by atoms with Crippen LogP contribution in [0.2, 0.25) is 0 Å². The largest absolute Gasteiger partial charge is 0.476 e. The second-order valence-corrected chi connectivity index (χ2v) is 5.16. The van der Waals surface area contributed by atoms with Crippen molar-refractivity contribution in [1.29, 1.82) is 0 Å². The van der Waals surface area contributed by atoms with Gasteiger partial charge in [-0.2, -0.15) is 5.10 Å². The lowest BCUT2D eigenvalue weighted by molar-refractivity contribution is 0.0690. The van der Waals surface area contributed by atoms with E-state index >= 15 is 0 Å². The molecule has 0 atom stereocenters. The van der Waals surface area contributed by atoms with Gasteiger partial charge in [-0.1, -0.05) is 0 Å². The smallest absolute Gasteiger partial charge is 0.355 e. The molecule has 96 valence electrons. The van der Waals surface area contributed by atoms with Gasteiger partial charge in [0.15, 0.2) is 10.8 Å². The Morgan fingerprint density at radius 2 is 2.28 bits per heavy atom. The van der Waals surface area contributed by atoms with Gasteiger partial charge in [0.1, 0.15) is 0 Å². The molecule has 0 aliphatic rings. The highest BCUT2D eigenvalue weighted by Gasteiger charge is 2.14. The summed E-state index contributed by atoms with van der Waals surface area (Å²) in [6, 6.07) is 0. The normalized spacial score (nSPS) is 10.6. The lowest BCUT2D eigenvalue weighted by Crippen LogP contribution is -2.02. The first-order valence-corrected chi connectivity index (χ1v) is 6.22. The van der Waals surface area contributed by atoms with Crippen LogP contribution in [0.5, 0.6) is 0 Å². The summed E-state index contributed by atoms with van der Waals surface area (Å²) in [4.78, 5) is 15.6. The SMILES string of the molecule is Cc1sc(NCc2cnn(C)c2C)nc1C(=O)O.